The lowest BCUT2D eigenvalue weighted by Crippen LogP contribution is -2.58. The maximum atomic E-state index is 15.5. The minimum Gasteiger partial charge on any atom is -0.507 e. The van der Waals surface area contributed by atoms with Crippen molar-refractivity contribution in [2.45, 2.75) is 24.2 Å². The second kappa shape index (κ2) is 13.2. The fourth-order valence-electron chi connectivity index (χ4n) is 10.8. The molecule has 0 spiro atoms. The van der Waals surface area contributed by atoms with E-state index in [1.54, 1.807) is 30.3 Å². The fourth-order valence-corrected chi connectivity index (χ4v) is 10.8. The third-order valence-electron chi connectivity index (χ3n) is 13.3. The van der Waals surface area contributed by atoms with Gasteiger partial charge in [-0.3, -0.25) is 24.1 Å². The Morgan fingerprint density at radius 1 is 0.678 bits per heavy atom. The van der Waals surface area contributed by atoms with Crippen LogP contribution >= 0.6 is 0 Å². The molecule has 1 aliphatic heterocycles. The molecule has 3 aliphatic carbocycles. The van der Waals surface area contributed by atoms with Crippen LogP contribution in [0.15, 0.2) is 168 Å². The third kappa shape index (κ3) is 5.05. The molecule has 8 heteroatoms. The predicted octanol–water partition coefficient (Wildman–Crippen LogP) is 9.38. The molecule has 6 unspecified atom stereocenters. The summed E-state index contributed by atoms with van der Waals surface area (Å²) in [5.41, 5.74) is 4.54. The van der Waals surface area contributed by atoms with Gasteiger partial charge in [-0.1, -0.05) is 115 Å². The molecule has 6 atom stereocenters. The molecular weight excluding hydrogens is 737 g/mol. The molecule has 2 heterocycles. The first-order chi connectivity index (χ1) is 28.8. The molecule has 1 saturated carbocycles. The number of phenols is 1. The van der Waals surface area contributed by atoms with Crippen molar-refractivity contribution in [3.63, 3.8) is 0 Å². The molecule has 0 radical (unpaired) electrons. The molecule has 2 amide bonds. The van der Waals surface area contributed by atoms with E-state index in [4.69, 9.17) is 4.42 Å². The standard InChI is InChI=1S/C51H36N2O6/c54-42-26-25-35(33-15-7-8-16-34(33)42)46-36-23-24-37-45(50(58)53(49(37)57)32-21-19-30(20-22-32)48-52-41-17-9-10-18-43(41)59-48)39(36)27-40-47(56)38(29-11-3-1-4-12-29)28-44(55)51(40,46)31-13-5-2-6-14-31/h1-23,25-26,28,37,39-40,45-46,54H,24,27H2. The first-order valence-corrected chi connectivity index (χ1v) is 20.0. The van der Waals surface area contributed by atoms with Crippen molar-refractivity contribution in [2.75, 3.05) is 4.90 Å². The quantitative estimate of drug-likeness (QED) is 0.137. The van der Waals surface area contributed by atoms with Gasteiger partial charge < -0.3 is 9.52 Å². The van der Waals surface area contributed by atoms with Crippen LogP contribution in [-0.4, -0.2) is 33.5 Å². The number of phenolic OH excluding ortho intramolecular Hbond substituents is 1. The molecule has 8 nitrogen and oxygen atoms in total. The van der Waals surface area contributed by atoms with Gasteiger partial charge in [0, 0.05) is 28.4 Å². The molecule has 59 heavy (non-hydrogen) atoms. The molecular formula is C51H36N2O6. The molecule has 286 valence electrons. The van der Waals surface area contributed by atoms with Crippen LogP contribution in [0.3, 0.4) is 0 Å². The number of anilines is 1. The summed E-state index contributed by atoms with van der Waals surface area (Å²) < 4.78 is 5.98. The van der Waals surface area contributed by atoms with Gasteiger partial charge in [0.1, 0.15) is 11.3 Å². The number of para-hydroxylation sites is 2. The fraction of sp³-hybridized carbons (Fsp3) is 0.157. The second-order valence-corrected chi connectivity index (χ2v) is 16.1. The van der Waals surface area contributed by atoms with E-state index in [-0.39, 0.29) is 35.6 Å². The van der Waals surface area contributed by atoms with Gasteiger partial charge in [-0.25, -0.2) is 4.98 Å². The second-order valence-electron chi connectivity index (χ2n) is 16.1. The molecule has 1 saturated heterocycles. The highest BCUT2D eigenvalue weighted by molar-refractivity contribution is 6.32. The zero-order chi connectivity index (χ0) is 40.0. The summed E-state index contributed by atoms with van der Waals surface area (Å²) in [4.78, 5) is 66.1. The summed E-state index contributed by atoms with van der Waals surface area (Å²) in [7, 11) is 0. The van der Waals surface area contributed by atoms with Crippen LogP contribution in [0.2, 0.25) is 0 Å². The lowest BCUT2D eigenvalue weighted by atomic mass is 9.44. The maximum Gasteiger partial charge on any atom is 0.238 e. The van der Waals surface area contributed by atoms with Crippen LogP contribution in [0.4, 0.5) is 5.69 Å². The van der Waals surface area contributed by atoms with Gasteiger partial charge in [-0.2, -0.15) is 0 Å². The number of benzene rings is 6. The number of aromatic nitrogens is 1. The number of imide groups is 1. The Hall–Kier alpha value is -7.19. The SMILES string of the molecule is O=C1C(c2ccccc2)=CC(=O)C2(c3ccccc3)C1CC1C(=CCC3C(=O)N(c4ccc(-c5nc6ccccc6o5)cc4)C(=O)C31)C2c1ccc(O)c2ccccc12. The van der Waals surface area contributed by atoms with Crippen LogP contribution in [0.25, 0.3) is 38.9 Å². The number of rotatable bonds is 5. The first kappa shape index (κ1) is 35.0. The summed E-state index contributed by atoms with van der Waals surface area (Å²) in [6.07, 6.45) is 4.10. The number of hydrogen-bond acceptors (Lipinski definition) is 7. The van der Waals surface area contributed by atoms with Crippen molar-refractivity contribution in [1.82, 2.24) is 4.98 Å². The third-order valence-corrected chi connectivity index (χ3v) is 13.3. The number of amides is 2. The molecule has 2 fully saturated rings. The number of carbonyl (C=O) groups is 4. The maximum absolute atomic E-state index is 15.5. The summed E-state index contributed by atoms with van der Waals surface area (Å²) >= 11 is 0. The number of nitrogens with zero attached hydrogens (tertiary/aromatic N) is 2. The topological polar surface area (TPSA) is 118 Å². The predicted molar refractivity (Wildman–Crippen MR) is 224 cm³/mol. The number of allylic oxidation sites excluding steroid dienone is 4. The van der Waals surface area contributed by atoms with Crippen molar-refractivity contribution in [3.8, 4) is 17.2 Å². The molecule has 6 aromatic carbocycles. The summed E-state index contributed by atoms with van der Waals surface area (Å²) in [5.74, 6) is -3.92. The van der Waals surface area contributed by atoms with E-state index in [1.807, 2.05) is 115 Å². The van der Waals surface area contributed by atoms with Gasteiger partial charge in [-0.05, 0) is 89.4 Å². The van der Waals surface area contributed by atoms with Gasteiger partial charge in [0.25, 0.3) is 0 Å². The van der Waals surface area contributed by atoms with E-state index >= 15 is 9.59 Å². The summed E-state index contributed by atoms with van der Waals surface area (Å²) in [6.45, 7) is 0. The Bertz CT molecular complexity index is 2930. The van der Waals surface area contributed by atoms with Crippen LogP contribution in [0.1, 0.15) is 35.4 Å². The number of ketones is 2. The average Bonchev–Trinajstić information content (AvgIpc) is 3.83. The van der Waals surface area contributed by atoms with Gasteiger partial charge in [-0.15, -0.1) is 0 Å². The lowest BCUT2D eigenvalue weighted by molar-refractivity contribution is -0.134. The zero-order valence-electron chi connectivity index (χ0n) is 31.7. The molecule has 0 bridgehead atoms. The Morgan fingerprint density at radius 3 is 2.14 bits per heavy atom. The van der Waals surface area contributed by atoms with E-state index in [0.29, 0.717) is 51.2 Å². The Morgan fingerprint density at radius 2 is 1.37 bits per heavy atom. The highest BCUT2D eigenvalue weighted by atomic mass is 16.3. The Labute approximate surface area is 339 Å². The van der Waals surface area contributed by atoms with Crippen molar-refractivity contribution >= 4 is 56.5 Å². The summed E-state index contributed by atoms with van der Waals surface area (Å²) in [6, 6.07) is 44.5. The largest absolute Gasteiger partial charge is 0.507 e. The molecule has 4 aliphatic rings. The summed E-state index contributed by atoms with van der Waals surface area (Å²) in [5, 5.41) is 12.5. The monoisotopic (exact) mass is 772 g/mol. The normalized spacial score (nSPS) is 25.1. The number of hydrogen-bond donors (Lipinski definition) is 1. The average molecular weight is 773 g/mol. The van der Waals surface area contributed by atoms with Crippen LogP contribution in [0, 0.1) is 23.7 Å². The number of carbonyl (C=O) groups excluding carboxylic acids is 4. The van der Waals surface area contributed by atoms with Gasteiger partial charge in [0.2, 0.25) is 17.7 Å². The zero-order valence-corrected chi connectivity index (χ0v) is 31.7. The first-order valence-electron chi connectivity index (χ1n) is 20.0. The number of fused-ring (bicyclic) bond motifs is 6. The number of aromatic hydroxyl groups is 1. The molecule has 11 rings (SSSR count). The van der Waals surface area contributed by atoms with E-state index in [0.717, 1.165) is 22.0 Å². The Balaban J connectivity index is 1.07. The van der Waals surface area contributed by atoms with E-state index in [2.05, 4.69) is 11.1 Å². The van der Waals surface area contributed by atoms with E-state index in [1.165, 1.54) is 11.0 Å². The molecule has 1 aromatic heterocycles. The van der Waals surface area contributed by atoms with E-state index in [9.17, 15) is 14.7 Å². The minimum absolute atomic E-state index is 0.103. The van der Waals surface area contributed by atoms with Gasteiger partial charge in [0.15, 0.2) is 17.1 Å². The van der Waals surface area contributed by atoms with Crippen molar-refractivity contribution in [2.24, 2.45) is 23.7 Å². The van der Waals surface area contributed by atoms with Crippen LogP contribution in [0.5, 0.6) is 5.75 Å². The van der Waals surface area contributed by atoms with Gasteiger partial charge >= 0.3 is 0 Å². The van der Waals surface area contributed by atoms with Crippen molar-refractivity contribution in [1.29, 1.82) is 0 Å². The van der Waals surface area contributed by atoms with Gasteiger partial charge in [0.05, 0.1) is 22.9 Å². The minimum atomic E-state index is -1.38. The highest BCUT2D eigenvalue weighted by Gasteiger charge is 2.66. The smallest absolute Gasteiger partial charge is 0.238 e. The number of oxazole rings is 1. The molecule has 1 N–H and O–H groups in total. The van der Waals surface area contributed by atoms with E-state index < -0.39 is 35.0 Å². The lowest BCUT2D eigenvalue weighted by Gasteiger charge is -2.55. The molecule has 7 aromatic rings. The van der Waals surface area contributed by atoms with Crippen molar-refractivity contribution in [3.05, 3.63) is 180 Å². The highest BCUT2D eigenvalue weighted by Crippen LogP contribution is 2.64. The van der Waals surface area contributed by atoms with Crippen LogP contribution in [-0.2, 0) is 24.6 Å². The Kier molecular flexibility index (Phi) is 7.82. The van der Waals surface area contributed by atoms with Crippen LogP contribution < -0.4 is 4.90 Å². The van der Waals surface area contributed by atoms with Crippen molar-refractivity contribution < 1.29 is 28.7 Å². The number of Topliss-reactive ketones (excluding diaryl/α,β-unsaturated/α-hetero) is 1.